The molecular formula is C32H59AlCl2N8O3S. The van der Waals surface area contributed by atoms with Gasteiger partial charge in [-0.25, -0.2) is 0 Å². The molecule has 8 bridgehead atoms. The molecule has 8 unspecified atom stereocenters. The summed E-state index contributed by atoms with van der Waals surface area (Å²) in [6.07, 6.45) is 25.6. The highest BCUT2D eigenvalue weighted by molar-refractivity contribution is 8.09. The predicted molar refractivity (Wildman–Crippen MR) is 189 cm³/mol. The molecule has 5 heterocycles. The zero-order chi connectivity index (χ0) is 32.7. The Morgan fingerprint density at radius 1 is 0.383 bits per heavy atom. The summed E-state index contributed by atoms with van der Waals surface area (Å²) in [5.74, 6) is 5.97. The minimum Gasteiger partial charge on any atom is -0.286 e. The van der Waals surface area contributed by atoms with Crippen molar-refractivity contribution in [2.45, 2.75) is 152 Å². The number of hydrogen-bond acceptors (Lipinski definition) is 10. The van der Waals surface area contributed by atoms with Gasteiger partial charge in [0.05, 0.1) is 49.3 Å². The van der Waals surface area contributed by atoms with E-state index >= 15 is 0 Å². The van der Waals surface area contributed by atoms with Gasteiger partial charge in [0.15, 0.2) is 0 Å². The van der Waals surface area contributed by atoms with E-state index < -0.39 is 9.33 Å². The topological polar surface area (TPSA) is 151 Å². The van der Waals surface area contributed by atoms with Crippen molar-refractivity contribution in [2.75, 3.05) is 0 Å². The minimum absolute atomic E-state index is 0.420. The van der Waals surface area contributed by atoms with Gasteiger partial charge in [-0.15, -0.1) is 0 Å². The lowest BCUT2D eigenvalue weighted by Gasteiger charge is -2.35. The first-order valence-electron chi connectivity index (χ1n) is 18.9. The van der Waals surface area contributed by atoms with E-state index in [1.807, 2.05) is 0 Å². The molecule has 0 amide bonds. The Morgan fingerprint density at radius 2 is 0.489 bits per heavy atom. The van der Waals surface area contributed by atoms with Gasteiger partial charge in [-0.1, -0.05) is 51.4 Å². The van der Waals surface area contributed by atoms with Crippen LogP contribution >= 0.6 is 20.7 Å². The molecule has 0 aromatic heterocycles. The van der Waals surface area contributed by atoms with E-state index in [0.29, 0.717) is 49.3 Å². The van der Waals surface area contributed by atoms with Crippen LogP contribution in [0, 0.1) is 47.3 Å². The van der Waals surface area contributed by atoms with Crippen molar-refractivity contribution in [1.29, 1.82) is 0 Å². The summed E-state index contributed by atoms with van der Waals surface area (Å²) in [5.41, 5.74) is 0. The Hall–Kier alpha value is 0.702. The molecule has 9 rings (SSSR count). The van der Waals surface area contributed by atoms with Gasteiger partial charge in [0.1, 0.15) is 0 Å². The largest absolute Gasteiger partial charge is 0.353 e. The van der Waals surface area contributed by atoms with Crippen LogP contribution in [0.5, 0.6) is 0 Å². The summed E-state index contributed by atoms with van der Waals surface area (Å²) in [7, 11) is 4.64. The fourth-order valence-corrected chi connectivity index (χ4v) is 12.0. The maximum Gasteiger partial charge on any atom is 0.353 e. The Labute approximate surface area is 299 Å². The molecule has 5 aliphatic heterocycles. The third-order valence-corrected chi connectivity index (χ3v) is 13.8. The third kappa shape index (κ3) is 7.90. The lowest BCUT2D eigenvalue weighted by molar-refractivity contribution is 0.167. The van der Waals surface area contributed by atoms with Crippen molar-refractivity contribution in [1.82, 2.24) is 42.5 Å². The van der Waals surface area contributed by atoms with Gasteiger partial charge < -0.3 is 0 Å². The molecule has 9 N–H and O–H groups in total. The van der Waals surface area contributed by atoms with Crippen molar-refractivity contribution in [3.05, 3.63) is 0 Å². The number of rotatable bonds is 0. The van der Waals surface area contributed by atoms with Crippen molar-refractivity contribution in [3.63, 3.8) is 0 Å². The van der Waals surface area contributed by atoms with Crippen molar-refractivity contribution < 1.29 is 13.0 Å². The number of hydrogen-bond donors (Lipinski definition) is 9. The molecule has 0 aromatic rings. The second kappa shape index (κ2) is 15.7. The molecule has 11 nitrogen and oxygen atoms in total. The Morgan fingerprint density at radius 3 is 0.596 bits per heavy atom. The fraction of sp³-hybridized carbons (Fsp3) is 1.00. The maximum absolute atomic E-state index is 8.95. The van der Waals surface area contributed by atoms with Crippen molar-refractivity contribution in [2.24, 2.45) is 47.3 Å². The molecule has 268 valence electrons. The van der Waals surface area contributed by atoms with Gasteiger partial charge in [0.25, 0.3) is 0 Å². The Balaban J connectivity index is 0.000000462. The van der Waals surface area contributed by atoms with E-state index in [-0.39, 0.29) is 0 Å². The van der Waals surface area contributed by atoms with Crippen LogP contribution in [0.3, 0.4) is 0 Å². The molecule has 8 atom stereocenters. The molecule has 0 radical (unpaired) electrons. The predicted octanol–water partition coefficient (Wildman–Crippen LogP) is 2.41. The second-order valence-electron chi connectivity index (χ2n) is 16.0. The standard InChI is InChI=1S/C32H56N8.Al.ClHO3S.ClH.2H/c1-2-10-18-17(9-1)25-33-26(18)38-28-21-13-5-6-14-22(21)30(35-28)40-32-24-16-8-7-15-23(24)31(36-32)39-29-20-12-4-3-11-19(20)27(34-29)37-25;;1-5(2,3)4;;;/h17-40H,1-16H2;;(H,2,3,4);1H;;/q;+1;;;;/p-1. The van der Waals surface area contributed by atoms with Gasteiger partial charge in [0.2, 0.25) is 0 Å². The monoisotopic (exact) mass is 732 g/mol. The third-order valence-electron chi connectivity index (χ3n) is 13.8. The number of nitrogens with one attached hydrogen (secondary N) is 8. The second-order valence-corrected chi connectivity index (χ2v) is 18.0. The average Bonchev–Trinajstić information content (AvgIpc) is 3.81. The summed E-state index contributed by atoms with van der Waals surface area (Å²) in [6.45, 7) is 0. The van der Waals surface area contributed by atoms with Gasteiger partial charge in [0, 0.05) is 10.7 Å². The average molecular weight is 734 g/mol. The van der Waals surface area contributed by atoms with Crippen LogP contribution in [0.4, 0.5) is 0 Å². The first-order chi connectivity index (χ1) is 22.8. The molecule has 15 heteroatoms. The zero-order valence-electron chi connectivity index (χ0n) is 28.0. The molecule has 5 saturated heterocycles. The summed E-state index contributed by atoms with van der Waals surface area (Å²) in [5, 5.41) is 33.8. The van der Waals surface area contributed by atoms with Gasteiger partial charge in [-0.3, -0.25) is 57.1 Å². The summed E-state index contributed by atoms with van der Waals surface area (Å²) in [6, 6.07) is 0. The van der Waals surface area contributed by atoms with Crippen LogP contribution in [-0.2, 0) is 9.33 Å². The van der Waals surface area contributed by atoms with Crippen molar-refractivity contribution in [3.8, 4) is 0 Å². The normalized spacial score (nSPS) is 50.4. The highest BCUT2D eigenvalue weighted by atomic mass is 35.7. The Bertz CT molecular complexity index is 949. The first-order valence-corrected chi connectivity index (χ1v) is 24.2. The van der Waals surface area contributed by atoms with E-state index in [1.54, 1.807) is 0 Å². The van der Waals surface area contributed by atoms with E-state index in [2.05, 4.69) is 53.2 Å². The zero-order valence-corrected chi connectivity index (χ0v) is 32.3. The van der Waals surface area contributed by atoms with Crippen LogP contribution in [0.25, 0.3) is 0 Å². The highest BCUT2D eigenvalue weighted by Crippen LogP contribution is 2.45. The van der Waals surface area contributed by atoms with E-state index in [0.717, 1.165) is 62.7 Å². The van der Waals surface area contributed by atoms with E-state index in [1.165, 1.54) is 103 Å². The number of fused-ring (bicyclic) bond motifs is 20. The molecule has 9 fully saturated rings. The Kier molecular flexibility index (Phi) is 12.1. The molecule has 0 aromatic carbocycles. The smallest absolute Gasteiger partial charge is 0.286 e. The molecule has 4 saturated carbocycles. The van der Waals surface area contributed by atoms with Crippen LogP contribution in [0.2, 0.25) is 0 Å². The molecule has 9 aliphatic rings. The lowest BCUT2D eigenvalue weighted by atomic mass is 9.76. The maximum atomic E-state index is 8.95. The molecular weight excluding hydrogens is 674 g/mol. The summed E-state index contributed by atoms with van der Waals surface area (Å²) >= 11 is 0.778. The van der Waals surface area contributed by atoms with Gasteiger partial charge in [-0.2, -0.15) is 8.42 Å². The summed E-state index contributed by atoms with van der Waals surface area (Å²) < 4.78 is 25.2. The molecule has 4 aliphatic carbocycles. The SMILES string of the molecule is C1CCC2C3NC(NC4NC(NC5NC(NC6NC(N3)C3CCCCC63)C3CCCCC53)C3CCCCC43)C2C1.O=S(=O)(O)Cl.[AlH2][Cl]. The fourth-order valence-electron chi connectivity index (χ4n) is 12.0. The number of halogens is 2. The van der Waals surface area contributed by atoms with E-state index in [4.69, 9.17) is 23.0 Å². The van der Waals surface area contributed by atoms with Gasteiger partial charge >= 0.3 is 24.7 Å². The highest BCUT2D eigenvalue weighted by Gasteiger charge is 2.54. The van der Waals surface area contributed by atoms with E-state index in [9.17, 15) is 0 Å². The van der Waals surface area contributed by atoms with Crippen LogP contribution < -0.4 is 42.5 Å². The molecule has 0 spiro atoms. The summed E-state index contributed by atoms with van der Waals surface area (Å²) in [4.78, 5) is 0. The van der Waals surface area contributed by atoms with Crippen LogP contribution in [0.15, 0.2) is 0 Å². The van der Waals surface area contributed by atoms with Crippen LogP contribution in [-0.4, -0.2) is 77.7 Å². The quantitative estimate of drug-likeness (QED) is 0.103. The first kappa shape index (κ1) is 36.1. The molecule has 47 heavy (non-hydrogen) atoms. The van der Waals surface area contributed by atoms with Crippen LogP contribution in [0.1, 0.15) is 103 Å². The minimum atomic E-state index is -4.19. The van der Waals surface area contributed by atoms with Crippen molar-refractivity contribution >= 4 is 45.4 Å². The lowest BCUT2D eigenvalue weighted by Crippen LogP contribution is -2.61. The van der Waals surface area contributed by atoms with Gasteiger partial charge in [-0.05, 0) is 98.7 Å².